The maximum atomic E-state index is 11.7. The molecule has 5 heteroatoms. The van der Waals surface area contributed by atoms with E-state index in [-0.39, 0.29) is 6.54 Å². The van der Waals surface area contributed by atoms with Gasteiger partial charge in [-0.15, -0.1) is 0 Å². The summed E-state index contributed by atoms with van der Waals surface area (Å²) in [6, 6.07) is 17.3. The molecule has 2 aromatic rings. The molecule has 0 spiro atoms. The van der Waals surface area contributed by atoms with E-state index >= 15 is 0 Å². The number of nitriles is 1. The fourth-order valence-electron chi connectivity index (χ4n) is 1.82. The molecule has 106 valence electrons. The molecule has 0 aliphatic heterocycles. The first-order chi connectivity index (χ1) is 10.2. The fourth-order valence-corrected chi connectivity index (χ4v) is 1.82. The molecule has 3 N–H and O–H groups in total. The zero-order valence-corrected chi connectivity index (χ0v) is 11.3. The van der Waals surface area contributed by atoms with Gasteiger partial charge >= 0.3 is 6.03 Å². The number of anilines is 1. The molecule has 0 heterocycles. The Balaban J connectivity index is 1.86. The Bertz CT molecular complexity index is 650. The highest BCUT2D eigenvalue weighted by Gasteiger charge is 2.09. The summed E-state index contributed by atoms with van der Waals surface area (Å²) in [7, 11) is 0. The van der Waals surface area contributed by atoms with Crippen molar-refractivity contribution in [1.82, 2.24) is 5.32 Å². The zero-order chi connectivity index (χ0) is 15.1. The van der Waals surface area contributed by atoms with E-state index in [1.807, 2.05) is 24.3 Å². The van der Waals surface area contributed by atoms with Gasteiger partial charge in [-0.1, -0.05) is 36.4 Å². The first kappa shape index (κ1) is 14.6. The van der Waals surface area contributed by atoms with Crippen molar-refractivity contribution in [1.29, 1.82) is 5.26 Å². The van der Waals surface area contributed by atoms with Gasteiger partial charge < -0.3 is 15.7 Å². The molecule has 0 radical (unpaired) electrons. The summed E-state index contributed by atoms with van der Waals surface area (Å²) in [5.41, 5.74) is 1.74. The van der Waals surface area contributed by atoms with Crippen LogP contribution in [-0.4, -0.2) is 17.7 Å². The highest BCUT2D eigenvalue weighted by molar-refractivity contribution is 5.89. The quantitative estimate of drug-likeness (QED) is 0.804. The van der Waals surface area contributed by atoms with Crippen LogP contribution in [0.3, 0.4) is 0 Å². The molecule has 0 saturated heterocycles. The Hall–Kier alpha value is -2.84. The van der Waals surface area contributed by atoms with Crippen molar-refractivity contribution in [2.45, 2.75) is 6.10 Å². The summed E-state index contributed by atoms with van der Waals surface area (Å²) in [6.07, 6.45) is -0.762. The molecule has 0 aliphatic carbocycles. The standard InChI is InChI=1S/C16H15N3O2/c17-10-12-5-4-8-14(9-12)19-16(21)18-11-15(20)13-6-2-1-3-7-13/h1-9,15,20H,11H2,(H2,18,19,21). The van der Waals surface area contributed by atoms with Gasteiger partial charge in [0.15, 0.2) is 0 Å². The highest BCUT2D eigenvalue weighted by atomic mass is 16.3. The number of aliphatic hydroxyl groups excluding tert-OH is 1. The zero-order valence-electron chi connectivity index (χ0n) is 11.3. The second kappa shape index (κ2) is 7.08. The number of urea groups is 1. The Morgan fingerprint density at radius 3 is 2.67 bits per heavy atom. The number of nitrogens with one attached hydrogen (secondary N) is 2. The molecule has 2 aromatic carbocycles. The molecular formula is C16H15N3O2. The summed E-state index contributed by atoms with van der Waals surface area (Å²) in [5.74, 6) is 0. The number of hydrogen-bond donors (Lipinski definition) is 3. The second-order valence-electron chi connectivity index (χ2n) is 4.45. The van der Waals surface area contributed by atoms with Gasteiger partial charge in [0.1, 0.15) is 0 Å². The van der Waals surface area contributed by atoms with Crippen LogP contribution < -0.4 is 10.6 Å². The maximum absolute atomic E-state index is 11.7. The van der Waals surface area contributed by atoms with Crippen molar-refractivity contribution in [3.8, 4) is 6.07 Å². The van der Waals surface area contributed by atoms with Crippen molar-refractivity contribution < 1.29 is 9.90 Å². The smallest absolute Gasteiger partial charge is 0.319 e. The van der Waals surface area contributed by atoms with E-state index < -0.39 is 12.1 Å². The molecule has 0 aromatic heterocycles. The lowest BCUT2D eigenvalue weighted by molar-refractivity contribution is 0.175. The maximum Gasteiger partial charge on any atom is 0.319 e. The molecule has 2 amide bonds. The van der Waals surface area contributed by atoms with Crippen molar-refractivity contribution in [2.24, 2.45) is 0 Å². The van der Waals surface area contributed by atoms with E-state index in [9.17, 15) is 9.90 Å². The molecule has 0 saturated carbocycles. The number of hydrogen-bond acceptors (Lipinski definition) is 3. The molecule has 0 fully saturated rings. The molecule has 0 bridgehead atoms. The monoisotopic (exact) mass is 281 g/mol. The number of benzene rings is 2. The first-order valence-electron chi connectivity index (χ1n) is 6.47. The molecule has 21 heavy (non-hydrogen) atoms. The predicted molar refractivity (Wildman–Crippen MR) is 79.6 cm³/mol. The molecule has 2 rings (SSSR count). The van der Waals surface area contributed by atoms with Crippen molar-refractivity contribution in [3.05, 3.63) is 65.7 Å². The third kappa shape index (κ3) is 4.34. The normalized spacial score (nSPS) is 11.2. The minimum absolute atomic E-state index is 0.105. The molecule has 1 unspecified atom stereocenters. The topological polar surface area (TPSA) is 85.2 Å². The molecular weight excluding hydrogens is 266 g/mol. The van der Waals surface area contributed by atoms with Gasteiger partial charge in [-0.2, -0.15) is 5.26 Å². The summed E-state index contributed by atoms with van der Waals surface area (Å²) < 4.78 is 0. The van der Waals surface area contributed by atoms with Crippen molar-refractivity contribution in [2.75, 3.05) is 11.9 Å². The van der Waals surface area contributed by atoms with Crippen LogP contribution in [0, 0.1) is 11.3 Å². The van der Waals surface area contributed by atoms with Gasteiger partial charge in [0.25, 0.3) is 0 Å². The third-order valence-electron chi connectivity index (χ3n) is 2.89. The van der Waals surface area contributed by atoms with E-state index in [0.717, 1.165) is 5.56 Å². The van der Waals surface area contributed by atoms with Crippen LogP contribution in [0.1, 0.15) is 17.2 Å². The van der Waals surface area contributed by atoms with Gasteiger partial charge in [0.05, 0.1) is 17.7 Å². The predicted octanol–water partition coefficient (Wildman–Crippen LogP) is 2.41. The minimum Gasteiger partial charge on any atom is -0.387 e. The molecule has 0 aliphatic rings. The average Bonchev–Trinajstić information content (AvgIpc) is 2.53. The largest absolute Gasteiger partial charge is 0.387 e. The van der Waals surface area contributed by atoms with Crippen LogP contribution in [0.25, 0.3) is 0 Å². The van der Waals surface area contributed by atoms with Crippen LogP contribution in [-0.2, 0) is 0 Å². The van der Waals surface area contributed by atoms with Gasteiger partial charge in [-0.25, -0.2) is 4.79 Å². The number of carbonyl (C=O) groups excluding carboxylic acids is 1. The summed E-state index contributed by atoms with van der Waals surface area (Å²) in [5, 5.41) is 23.9. The SMILES string of the molecule is N#Cc1cccc(NC(=O)NCC(O)c2ccccc2)c1. The van der Waals surface area contributed by atoms with Crippen LogP contribution in [0.15, 0.2) is 54.6 Å². The Morgan fingerprint density at radius 2 is 1.95 bits per heavy atom. The number of nitrogens with zero attached hydrogens (tertiary/aromatic N) is 1. The lowest BCUT2D eigenvalue weighted by atomic mass is 10.1. The lowest BCUT2D eigenvalue weighted by Crippen LogP contribution is -2.32. The van der Waals surface area contributed by atoms with E-state index in [1.54, 1.807) is 36.4 Å². The molecule has 5 nitrogen and oxygen atoms in total. The number of carbonyl (C=O) groups is 1. The second-order valence-corrected chi connectivity index (χ2v) is 4.45. The minimum atomic E-state index is -0.762. The summed E-state index contributed by atoms with van der Waals surface area (Å²) in [4.78, 5) is 11.7. The van der Waals surface area contributed by atoms with Crippen molar-refractivity contribution >= 4 is 11.7 Å². The first-order valence-corrected chi connectivity index (χ1v) is 6.47. The van der Waals surface area contributed by atoms with Gasteiger partial charge in [0.2, 0.25) is 0 Å². The van der Waals surface area contributed by atoms with Crippen LogP contribution in [0.4, 0.5) is 10.5 Å². The molecule has 1 atom stereocenters. The third-order valence-corrected chi connectivity index (χ3v) is 2.89. The van der Waals surface area contributed by atoms with E-state index in [1.165, 1.54) is 0 Å². The lowest BCUT2D eigenvalue weighted by Gasteiger charge is -2.13. The summed E-state index contributed by atoms with van der Waals surface area (Å²) >= 11 is 0. The Morgan fingerprint density at radius 1 is 1.19 bits per heavy atom. The van der Waals surface area contributed by atoms with Gasteiger partial charge in [0, 0.05) is 12.2 Å². The van der Waals surface area contributed by atoms with Crippen LogP contribution in [0.2, 0.25) is 0 Å². The number of amides is 2. The highest BCUT2D eigenvalue weighted by Crippen LogP contribution is 2.11. The van der Waals surface area contributed by atoms with Crippen molar-refractivity contribution in [3.63, 3.8) is 0 Å². The van der Waals surface area contributed by atoms with Crippen LogP contribution in [0.5, 0.6) is 0 Å². The van der Waals surface area contributed by atoms with Crippen LogP contribution >= 0.6 is 0 Å². The van der Waals surface area contributed by atoms with E-state index in [4.69, 9.17) is 5.26 Å². The number of aliphatic hydroxyl groups is 1. The van der Waals surface area contributed by atoms with E-state index in [2.05, 4.69) is 10.6 Å². The Labute approximate surface area is 122 Å². The fraction of sp³-hybridized carbons (Fsp3) is 0.125. The summed E-state index contributed by atoms with van der Waals surface area (Å²) in [6.45, 7) is 0.105. The van der Waals surface area contributed by atoms with Gasteiger partial charge in [-0.05, 0) is 23.8 Å². The average molecular weight is 281 g/mol. The number of rotatable bonds is 4. The Kier molecular flexibility index (Phi) is 4.91. The van der Waals surface area contributed by atoms with E-state index in [0.29, 0.717) is 11.3 Å². The van der Waals surface area contributed by atoms with Gasteiger partial charge in [-0.3, -0.25) is 0 Å².